The molecule has 0 saturated carbocycles. The first kappa shape index (κ1) is 13.8. The van der Waals surface area contributed by atoms with Crippen LogP contribution >= 0.6 is 15.9 Å². The molecule has 0 amide bonds. The summed E-state index contributed by atoms with van der Waals surface area (Å²) in [5, 5.41) is 0.917. The Labute approximate surface area is 112 Å². The molecule has 0 spiro atoms. The van der Waals surface area contributed by atoms with E-state index in [4.69, 9.17) is 4.74 Å². The molecule has 2 saturated heterocycles. The van der Waals surface area contributed by atoms with Crippen molar-refractivity contribution in [2.75, 3.05) is 23.4 Å². The first-order chi connectivity index (χ1) is 8.11. The van der Waals surface area contributed by atoms with Crippen LogP contribution in [-0.2, 0) is 14.6 Å². The van der Waals surface area contributed by atoms with Gasteiger partial charge in [0.2, 0.25) is 0 Å². The van der Waals surface area contributed by atoms with Crippen molar-refractivity contribution >= 4 is 25.8 Å². The number of hydrogen-bond donors (Lipinski definition) is 0. The number of halogens is 1. The summed E-state index contributed by atoms with van der Waals surface area (Å²) in [6.45, 7) is 0.904. The summed E-state index contributed by atoms with van der Waals surface area (Å²) in [5.74, 6) is 1.65. The number of rotatable bonds is 5. The molecule has 0 aromatic heterocycles. The van der Waals surface area contributed by atoms with Gasteiger partial charge in [-0.25, -0.2) is 8.42 Å². The average molecular weight is 325 g/mol. The molecule has 0 N–H and O–H groups in total. The van der Waals surface area contributed by atoms with Crippen molar-refractivity contribution in [3.8, 4) is 0 Å². The molecule has 17 heavy (non-hydrogen) atoms. The molecular formula is C12H21BrO3S. The molecule has 3 unspecified atom stereocenters. The van der Waals surface area contributed by atoms with Crippen LogP contribution < -0.4 is 0 Å². The van der Waals surface area contributed by atoms with Crippen LogP contribution in [0, 0.1) is 11.8 Å². The molecule has 0 aromatic carbocycles. The highest BCUT2D eigenvalue weighted by atomic mass is 79.9. The molecular weight excluding hydrogens is 304 g/mol. The van der Waals surface area contributed by atoms with Crippen molar-refractivity contribution in [2.45, 2.75) is 38.2 Å². The summed E-state index contributed by atoms with van der Waals surface area (Å²) < 4.78 is 28.6. The molecule has 3 nitrogen and oxygen atoms in total. The fraction of sp³-hybridized carbons (Fsp3) is 1.00. The van der Waals surface area contributed by atoms with E-state index in [1.807, 2.05) is 0 Å². The Morgan fingerprint density at radius 3 is 2.71 bits per heavy atom. The van der Waals surface area contributed by atoms with Crippen LogP contribution in [0.15, 0.2) is 0 Å². The molecule has 0 aliphatic carbocycles. The van der Waals surface area contributed by atoms with Gasteiger partial charge in [-0.05, 0) is 43.9 Å². The molecule has 2 heterocycles. The van der Waals surface area contributed by atoms with E-state index in [0.717, 1.165) is 31.2 Å². The van der Waals surface area contributed by atoms with E-state index in [9.17, 15) is 8.42 Å². The van der Waals surface area contributed by atoms with Crippen molar-refractivity contribution in [1.29, 1.82) is 0 Å². The summed E-state index contributed by atoms with van der Waals surface area (Å²) in [4.78, 5) is 0. The summed E-state index contributed by atoms with van der Waals surface area (Å²) in [6, 6.07) is 0. The average Bonchev–Trinajstić information content (AvgIpc) is 2.89. The van der Waals surface area contributed by atoms with Crippen molar-refractivity contribution < 1.29 is 13.2 Å². The Hall–Kier alpha value is 0.390. The van der Waals surface area contributed by atoms with E-state index in [1.54, 1.807) is 0 Å². The normalized spacial score (nSPS) is 33.9. The van der Waals surface area contributed by atoms with Crippen molar-refractivity contribution in [3.63, 3.8) is 0 Å². The van der Waals surface area contributed by atoms with Gasteiger partial charge in [0.15, 0.2) is 9.84 Å². The zero-order valence-corrected chi connectivity index (χ0v) is 12.5. The van der Waals surface area contributed by atoms with Gasteiger partial charge in [0.05, 0.1) is 17.6 Å². The first-order valence-electron chi connectivity index (χ1n) is 6.49. The molecule has 0 aromatic rings. The van der Waals surface area contributed by atoms with E-state index in [1.165, 1.54) is 12.8 Å². The molecule has 0 bridgehead atoms. The van der Waals surface area contributed by atoms with Gasteiger partial charge in [0, 0.05) is 11.9 Å². The molecule has 5 heteroatoms. The molecule has 100 valence electrons. The molecule has 0 radical (unpaired) electrons. The van der Waals surface area contributed by atoms with Gasteiger partial charge >= 0.3 is 0 Å². The summed E-state index contributed by atoms with van der Waals surface area (Å²) in [6.07, 6.45) is 5.82. The highest BCUT2D eigenvalue weighted by Crippen LogP contribution is 2.31. The van der Waals surface area contributed by atoms with Crippen LogP contribution in [0.2, 0.25) is 0 Å². The maximum absolute atomic E-state index is 11.5. The van der Waals surface area contributed by atoms with Gasteiger partial charge in [-0.3, -0.25) is 0 Å². The fourth-order valence-electron chi connectivity index (χ4n) is 2.91. The van der Waals surface area contributed by atoms with Crippen molar-refractivity contribution in [2.24, 2.45) is 11.8 Å². The lowest BCUT2D eigenvalue weighted by Crippen LogP contribution is -2.20. The standard InChI is InChI=1S/C12H21BrO3S/c13-8-10(3-4-12-2-1-6-16-12)11-5-7-17(14,15)9-11/h10-12H,1-9H2. The monoisotopic (exact) mass is 324 g/mol. The van der Waals surface area contributed by atoms with Gasteiger partial charge in [0.1, 0.15) is 0 Å². The Balaban J connectivity index is 1.80. The lowest BCUT2D eigenvalue weighted by atomic mass is 9.88. The third-order valence-corrected chi connectivity index (χ3v) is 6.64. The third kappa shape index (κ3) is 3.93. The van der Waals surface area contributed by atoms with Gasteiger partial charge < -0.3 is 4.74 Å². The van der Waals surface area contributed by atoms with Crippen LogP contribution in [0.5, 0.6) is 0 Å². The van der Waals surface area contributed by atoms with E-state index < -0.39 is 9.84 Å². The number of alkyl halides is 1. The Morgan fingerprint density at radius 1 is 1.35 bits per heavy atom. The van der Waals surface area contributed by atoms with Crippen LogP contribution in [0.1, 0.15) is 32.1 Å². The fourth-order valence-corrected chi connectivity index (χ4v) is 5.68. The minimum atomic E-state index is -2.74. The molecule has 2 aliphatic heterocycles. The molecule has 3 atom stereocenters. The van der Waals surface area contributed by atoms with E-state index in [-0.39, 0.29) is 0 Å². The largest absolute Gasteiger partial charge is 0.378 e. The first-order valence-corrected chi connectivity index (χ1v) is 9.43. The molecule has 2 aliphatic rings. The Bertz CT molecular complexity index is 336. The van der Waals surface area contributed by atoms with E-state index >= 15 is 0 Å². The molecule has 2 fully saturated rings. The highest BCUT2D eigenvalue weighted by Gasteiger charge is 2.33. The maximum atomic E-state index is 11.5. The Kier molecular flexibility index (Phi) is 4.89. The van der Waals surface area contributed by atoms with E-state index in [2.05, 4.69) is 15.9 Å². The second-order valence-corrected chi connectivity index (χ2v) is 8.17. The lowest BCUT2D eigenvalue weighted by Gasteiger charge is -2.21. The zero-order chi connectivity index (χ0) is 12.3. The van der Waals surface area contributed by atoms with Gasteiger partial charge in [0.25, 0.3) is 0 Å². The lowest BCUT2D eigenvalue weighted by molar-refractivity contribution is 0.0966. The zero-order valence-electron chi connectivity index (χ0n) is 10.1. The van der Waals surface area contributed by atoms with Crippen LogP contribution in [0.3, 0.4) is 0 Å². The number of sulfone groups is 1. The quantitative estimate of drug-likeness (QED) is 0.729. The van der Waals surface area contributed by atoms with Gasteiger partial charge in [-0.15, -0.1) is 0 Å². The third-order valence-electron chi connectivity index (χ3n) is 4.02. The summed E-state index contributed by atoms with van der Waals surface area (Å²) in [7, 11) is -2.74. The SMILES string of the molecule is O=S1(=O)CCC(C(CBr)CCC2CCCO2)C1. The number of hydrogen-bond acceptors (Lipinski definition) is 3. The predicted molar refractivity (Wildman–Crippen MR) is 72.3 cm³/mol. The van der Waals surface area contributed by atoms with Crippen LogP contribution in [-0.4, -0.2) is 38.0 Å². The maximum Gasteiger partial charge on any atom is 0.150 e. The summed E-state index contributed by atoms with van der Waals surface area (Å²) >= 11 is 3.54. The topological polar surface area (TPSA) is 43.4 Å². The van der Waals surface area contributed by atoms with Crippen molar-refractivity contribution in [1.82, 2.24) is 0 Å². The minimum absolute atomic E-state index is 0.362. The second kappa shape index (κ2) is 6.02. The van der Waals surface area contributed by atoms with Gasteiger partial charge in [-0.1, -0.05) is 15.9 Å². The predicted octanol–water partition coefficient (Wildman–Crippen LogP) is 2.39. The Morgan fingerprint density at radius 2 is 2.18 bits per heavy atom. The van der Waals surface area contributed by atoms with Crippen LogP contribution in [0.25, 0.3) is 0 Å². The van der Waals surface area contributed by atoms with Crippen molar-refractivity contribution in [3.05, 3.63) is 0 Å². The minimum Gasteiger partial charge on any atom is -0.378 e. The molecule has 2 rings (SSSR count). The van der Waals surface area contributed by atoms with Crippen LogP contribution in [0.4, 0.5) is 0 Å². The van der Waals surface area contributed by atoms with E-state index in [0.29, 0.717) is 29.4 Å². The smallest absolute Gasteiger partial charge is 0.150 e. The second-order valence-electron chi connectivity index (χ2n) is 5.29. The number of ether oxygens (including phenoxy) is 1. The highest BCUT2D eigenvalue weighted by molar-refractivity contribution is 9.09. The van der Waals surface area contributed by atoms with Gasteiger partial charge in [-0.2, -0.15) is 0 Å². The summed E-state index contributed by atoms with van der Waals surface area (Å²) in [5.41, 5.74) is 0.